The van der Waals surface area contributed by atoms with Crippen LogP contribution in [0.25, 0.3) is 0 Å². The quantitative estimate of drug-likeness (QED) is 0.0164. The van der Waals surface area contributed by atoms with Gasteiger partial charge in [0.25, 0.3) is 0 Å². The number of carbonyl (C=O) groups is 11. The first-order valence-corrected chi connectivity index (χ1v) is 31.9. The van der Waals surface area contributed by atoms with Crippen LogP contribution in [-0.4, -0.2) is 200 Å². The molecule has 0 radical (unpaired) electrons. The zero-order chi connectivity index (χ0) is 71.3. The molecule has 0 aromatic heterocycles. The summed E-state index contributed by atoms with van der Waals surface area (Å²) in [6.07, 6.45) is 1.93. The standard InChI is InChI=1S/C58H106N24O13/c59-25-5-1-12-38(76-48(87)37(16-9-29-71-56(65)66)75-46(85)33-74-47(86)36(63)32-34-19-21-35(83)22-20-34)49(88)77-39(13-2-6-26-60)50(89)78-40(14-3-7-27-61)51(90)79-41(15-4-8-28-62)52(91)81-43(23-24-45(64)84)54(93)80-42(17-10-30-72-57(67)68)53(92)82-44(55(94)95)18-11-31-73-58(69)70/h19-22,36-44,83H,1-18,23-33,59-63H2,(H2,64,84)(H,74,86)(H,75,85)(H,76,87)(H,77,88)(H,78,89)(H,79,90)(H,80,93)(H,81,91)(H,82,92)(H,94,95)(H4,65,66,71)(H4,67,68,72)(H4,69,70,73)/t36-,37-,38-,39-,40-,41-,42-,43-,44-/m0/s1. The molecule has 0 heterocycles. The highest BCUT2D eigenvalue weighted by Gasteiger charge is 2.35. The minimum atomic E-state index is -1.59. The molecule has 0 unspecified atom stereocenters. The Hall–Kier alpha value is -9.20. The molecule has 536 valence electrons. The number of aliphatic imine (C=N–C) groups is 3. The van der Waals surface area contributed by atoms with E-state index < -0.39 is 139 Å². The Morgan fingerprint density at radius 1 is 0.379 bits per heavy atom. The van der Waals surface area contributed by atoms with Crippen LogP contribution < -0.4 is 117 Å². The van der Waals surface area contributed by atoms with Crippen molar-refractivity contribution in [2.75, 3.05) is 52.4 Å². The van der Waals surface area contributed by atoms with Gasteiger partial charge in [0, 0.05) is 26.1 Å². The first kappa shape index (κ1) is 83.8. The summed E-state index contributed by atoms with van der Waals surface area (Å²) in [6, 6.07) is -6.38. The average molecular weight is 1350 g/mol. The summed E-state index contributed by atoms with van der Waals surface area (Å²) < 4.78 is 0. The SMILES string of the molecule is NCCCC[C@H](NC(=O)[C@H](CCCN=C(N)N)NC(=O)CNC(=O)[C@@H](N)Cc1ccc(O)cc1)C(=O)N[C@@H](CCCCN)C(=O)N[C@@H](CCCCN)C(=O)N[C@@H](CCCCN)C(=O)N[C@@H](CCC(N)=O)C(=O)N[C@@H](CCCN=C(N)N)C(=O)N[C@@H](CCCN=C(N)N)C(=O)O. The molecule has 0 saturated heterocycles. The van der Waals surface area contributed by atoms with E-state index in [9.17, 15) is 63.0 Å². The normalized spacial score (nSPS) is 13.7. The Labute approximate surface area is 552 Å². The van der Waals surface area contributed by atoms with E-state index in [1.54, 1.807) is 12.1 Å². The number of carboxylic acids is 1. The molecule has 35 N–H and O–H groups in total. The Morgan fingerprint density at radius 2 is 0.663 bits per heavy atom. The van der Waals surface area contributed by atoms with Crippen molar-refractivity contribution in [3.63, 3.8) is 0 Å². The van der Waals surface area contributed by atoms with Crippen molar-refractivity contribution in [1.29, 1.82) is 0 Å². The molecule has 0 aliphatic rings. The number of guanidine groups is 3. The van der Waals surface area contributed by atoms with Crippen molar-refractivity contribution in [3.05, 3.63) is 29.8 Å². The Balaban J connectivity index is 3.63. The molecule has 0 aliphatic carbocycles. The number of amides is 10. The number of benzene rings is 1. The van der Waals surface area contributed by atoms with E-state index in [1.165, 1.54) is 12.1 Å². The number of carbonyl (C=O) groups excluding carboxylic acids is 10. The van der Waals surface area contributed by atoms with Gasteiger partial charge in [-0.25, -0.2) is 4.79 Å². The second kappa shape index (κ2) is 48.5. The second-order valence-corrected chi connectivity index (χ2v) is 22.6. The number of hydrogen-bond acceptors (Lipinski definition) is 20. The monoisotopic (exact) mass is 1350 g/mol. The van der Waals surface area contributed by atoms with Crippen LogP contribution in [0.4, 0.5) is 0 Å². The van der Waals surface area contributed by atoms with Crippen LogP contribution in [0.5, 0.6) is 5.75 Å². The van der Waals surface area contributed by atoms with Gasteiger partial charge in [0.15, 0.2) is 17.9 Å². The predicted octanol–water partition coefficient (Wildman–Crippen LogP) is -7.72. The van der Waals surface area contributed by atoms with Gasteiger partial charge in [0.2, 0.25) is 59.1 Å². The molecule has 37 heteroatoms. The Morgan fingerprint density at radius 3 is 0.958 bits per heavy atom. The molecule has 0 aliphatic heterocycles. The van der Waals surface area contributed by atoms with Gasteiger partial charge in [-0.2, -0.15) is 0 Å². The fourth-order valence-electron chi connectivity index (χ4n) is 9.34. The number of aliphatic carboxylic acids is 1. The summed E-state index contributed by atoms with van der Waals surface area (Å²) in [5.41, 5.74) is 68.2. The van der Waals surface area contributed by atoms with E-state index in [-0.39, 0.29) is 153 Å². The number of phenols is 1. The lowest BCUT2D eigenvalue weighted by atomic mass is 10.0. The molecule has 0 saturated carbocycles. The van der Waals surface area contributed by atoms with Crippen molar-refractivity contribution in [2.45, 2.75) is 189 Å². The molecule has 1 aromatic carbocycles. The second-order valence-electron chi connectivity index (χ2n) is 22.6. The third kappa shape index (κ3) is 37.9. The van der Waals surface area contributed by atoms with E-state index >= 15 is 0 Å². The van der Waals surface area contributed by atoms with Gasteiger partial charge < -0.3 is 127 Å². The van der Waals surface area contributed by atoms with Gasteiger partial charge in [0.05, 0.1) is 12.6 Å². The summed E-state index contributed by atoms with van der Waals surface area (Å²) in [5, 5.41) is 42.8. The molecule has 1 aromatic rings. The van der Waals surface area contributed by atoms with Gasteiger partial charge in [0.1, 0.15) is 54.1 Å². The summed E-state index contributed by atoms with van der Waals surface area (Å²) in [6.45, 7) is 0.320. The van der Waals surface area contributed by atoms with Crippen LogP contribution in [0, 0.1) is 0 Å². The van der Waals surface area contributed by atoms with Crippen LogP contribution in [-0.2, 0) is 59.2 Å². The molecule has 0 fully saturated rings. The van der Waals surface area contributed by atoms with Gasteiger partial charge >= 0.3 is 5.97 Å². The molecule has 0 bridgehead atoms. The fraction of sp³-hybridized carbons (Fsp3) is 0.655. The van der Waals surface area contributed by atoms with Gasteiger partial charge in [-0.05, 0) is 172 Å². The number of rotatable bonds is 52. The van der Waals surface area contributed by atoms with E-state index in [4.69, 9.17) is 68.8 Å². The smallest absolute Gasteiger partial charge is 0.326 e. The summed E-state index contributed by atoms with van der Waals surface area (Å²) in [4.78, 5) is 162. The maximum Gasteiger partial charge on any atom is 0.326 e. The largest absolute Gasteiger partial charge is 0.508 e. The number of primary amides is 1. The van der Waals surface area contributed by atoms with E-state index in [1.807, 2.05) is 0 Å². The topological polar surface area (TPSA) is 686 Å². The first-order valence-electron chi connectivity index (χ1n) is 31.9. The third-order valence-electron chi connectivity index (χ3n) is 14.5. The highest BCUT2D eigenvalue weighted by atomic mass is 16.4. The van der Waals surface area contributed by atoms with Crippen LogP contribution in [0.15, 0.2) is 39.2 Å². The van der Waals surface area contributed by atoms with E-state index in [0.29, 0.717) is 44.1 Å². The van der Waals surface area contributed by atoms with Crippen molar-refractivity contribution in [2.24, 2.45) is 83.8 Å². The van der Waals surface area contributed by atoms with Crippen molar-refractivity contribution < 1.29 is 63.0 Å². The lowest BCUT2D eigenvalue weighted by Gasteiger charge is -2.28. The van der Waals surface area contributed by atoms with Crippen LogP contribution in [0.3, 0.4) is 0 Å². The third-order valence-corrected chi connectivity index (χ3v) is 14.5. The lowest BCUT2D eigenvalue weighted by molar-refractivity contribution is -0.142. The molecule has 37 nitrogen and oxygen atoms in total. The number of phenolic OH excluding ortho intramolecular Hbond substituents is 1. The number of unbranched alkanes of at least 4 members (excludes halogenated alkanes) is 4. The number of nitrogens with one attached hydrogen (secondary N) is 9. The van der Waals surface area contributed by atoms with Crippen LogP contribution >= 0.6 is 0 Å². The Bertz CT molecular complexity index is 2660. The molecule has 1 rings (SSSR count). The predicted molar refractivity (Wildman–Crippen MR) is 356 cm³/mol. The summed E-state index contributed by atoms with van der Waals surface area (Å²) in [5.74, 6) is -10.6. The van der Waals surface area contributed by atoms with E-state index in [0.717, 1.165) is 0 Å². The molecule has 10 amide bonds. The maximum absolute atomic E-state index is 14.6. The summed E-state index contributed by atoms with van der Waals surface area (Å²) in [7, 11) is 0. The van der Waals surface area contributed by atoms with Crippen LogP contribution in [0.1, 0.15) is 134 Å². The zero-order valence-electron chi connectivity index (χ0n) is 54.2. The number of carboxylic acid groups (broad SMARTS) is 1. The zero-order valence-corrected chi connectivity index (χ0v) is 54.2. The van der Waals surface area contributed by atoms with Gasteiger partial charge in [-0.3, -0.25) is 62.9 Å². The highest BCUT2D eigenvalue weighted by molar-refractivity contribution is 5.98. The van der Waals surface area contributed by atoms with Gasteiger partial charge in [-0.1, -0.05) is 12.1 Å². The molecule has 9 atom stereocenters. The molecular weight excluding hydrogens is 1240 g/mol. The number of aromatic hydroxyl groups is 1. The van der Waals surface area contributed by atoms with Gasteiger partial charge in [-0.15, -0.1) is 0 Å². The first-order chi connectivity index (χ1) is 45.1. The minimum Gasteiger partial charge on any atom is -0.508 e. The Kier molecular flexibility index (Phi) is 42.8. The van der Waals surface area contributed by atoms with E-state index in [2.05, 4.69) is 62.8 Å². The summed E-state index contributed by atoms with van der Waals surface area (Å²) >= 11 is 0. The van der Waals surface area contributed by atoms with Crippen molar-refractivity contribution in [1.82, 2.24) is 47.9 Å². The highest BCUT2D eigenvalue weighted by Crippen LogP contribution is 2.14. The number of nitrogens with two attached hydrogens (primary N) is 12. The van der Waals surface area contributed by atoms with Crippen molar-refractivity contribution in [3.8, 4) is 5.75 Å². The minimum absolute atomic E-state index is 0.00576. The maximum atomic E-state index is 14.6. The lowest BCUT2D eigenvalue weighted by Crippen LogP contribution is -2.60. The molecule has 95 heavy (non-hydrogen) atoms. The number of nitrogens with zero attached hydrogens (tertiary/aromatic N) is 3. The molecular formula is C58H106N24O13. The molecule has 0 spiro atoms. The fourth-order valence-corrected chi connectivity index (χ4v) is 9.34. The number of hydrogen-bond donors (Lipinski definition) is 23. The average Bonchev–Trinajstić information content (AvgIpc) is 0.951. The van der Waals surface area contributed by atoms with Crippen molar-refractivity contribution >= 4 is 82.9 Å². The van der Waals surface area contributed by atoms with Crippen LogP contribution in [0.2, 0.25) is 0 Å².